The van der Waals surface area contributed by atoms with Gasteiger partial charge in [0.15, 0.2) is 0 Å². The molecule has 0 radical (unpaired) electrons. The molecule has 2 atom stereocenters. The highest BCUT2D eigenvalue weighted by atomic mass is 16.7. The van der Waals surface area contributed by atoms with Crippen LogP contribution in [0.4, 0.5) is 9.59 Å². The zero-order valence-corrected chi connectivity index (χ0v) is 20.9. The molecule has 194 valence electrons. The first-order chi connectivity index (χ1) is 17.2. The highest BCUT2D eigenvalue weighted by Crippen LogP contribution is 2.25. The number of hydrogen-bond acceptors (Lipinski definition) is 7. The lowest BCUT2D eigenvalue weighted by Crippen LogP contribution is -2.60. The number of carbonyl (C=O) groups is 3. The first-order valence-electron chi connectivity index (χ1n) is 11.8. The molecule has 1 saturated heterocycles. The van der Waals surface area contributed by atoms with Crippen molar-refractivity contribution in [3.05, 3.63) is 71.8 Å². The van der Waals surface area contributed by atoms with Crippen LogP contribution in [0.1, 0.15) is 44.7 Å². The van der Waals surface area contributed by atoms with Gasteiger partial charge >= 0.3 is 12.2 Å². The maximum absolute atomic E-state index is 13.2. The van der Waals surface area contributed by atoms with Crippen LogP contribution in [0.5, 0.6) is 0 Å². The summed E-state index contributed by atoms with van der Waals surface area (Å²) in [5.74, 6) is 4.84. The van der Waals surface area contributed by atoms with Crippen LogP contribution in [0.15, 0.2) is 60.7 Å². The van der Waals surface area contributed by atoms with E-state index in [1.807, 2.05) is 60.7 Å². The number of hydroxylamine groups is 2. The Morgan fingerprint density at radius 1 is 0.972 bits per heavy atom. The first kappa shape index (κ1) is 27.0. The summed E-state index contributed by atoms with van der Waals surface area (Å²) in [7, 11) is 0. The number of amides is 3. The van der Waals surface area contributed by atoms with E-state index in [9.17, 15) is 14.4 Å². The predicted octanol–water partition coefficient (Wildman–Crippen LogP) is 3.52. The second-order valence-corrected chi connectivity index (χ2v) is 9.51. The largest absolute Gasteiger partial charge is 0.444 e. The number of benzene rings is 2. The average Bonchev–Trinajstić information content (AvgIpc) is 2.87. The molecule has 36 heavy (non-hydrogen) atoms. The van der Waals surface area contributed by atoms with Crippen LogP contribution in [0, 0.1) is 0 Å². The maximum Gasteiger partial charge on any atom is 0.434 e. The Balaban J connectivity index is 1.79. The molecule has 10 heteroatoms. The Morgan fingerprint density at radius 3 is 2.11 bits per heavy atom. The second kappa shape index (κ2) is 12.4. The SMILES string of the molecule is CC(C)(C)OC(=O)N1C[C@@H](N(OCc2ccccc2)C(=O)OCc2ccccc2)CC[C@@H]1C(=O)NN. The third-order valence-corrected chi connectivity index (χ3v) is 5.56. The Morgan fingerprint density at radius 2 is 1.56 bits per heavy atom. The van der Waals surface area contributed by atoms with Crippen molar-refractivity contribution in [1.82, 2.24) is 15.4 Å². The van der Waals surface area contributed by atoms with E-state index >= 15 is 0 Å². The monoisotopic (exact) mass is 498 g/mol. The summed E-state index contributed by atoms with van der Waals surface area (Å²) in [5.41, 5.74) is 3.02. The van der Waals surface area contributed by atoms with Gasteiger partial charge in [0.2, 0.25) is 0 Å². The van der Waals surface area contributed by atoms with E-state index in [1.54, 1.807) is 20.8 Å². The molecule has 2 aromatic carbocycles. The Kier molecular flexibility index (Phi) is 9.26. The van der Waals surface area contributed by atoms with Crippen molar-refractivity contribution < 1.29 is 28.7 Å². The fraction of sp³-hybridized carbons (Fsp3) is 0.423. The van der Waals surface area contributed by atoms with Gasteiger partial charge in [-0.25, -0.2) is 15.4 Å². The molecule has 3 N–H and O–H groups in total. The second-order valence-electron chi connectivity index (χ2n) is 9.51. The van der Waals surface area contributed by atoms with Crippen LogP contribution in [0.2, 0.25) is 0 Å². The van der Waals surface area contributed by atoms with Gasteiger partial charge in [0, 0.05) is 6.54 Å². The molecule has 1 aliphatic heterocycles. The molecule has 2 aromatic rings. The molecule has 1 heterocycles. The maximum atomic E-state index is 13.2. The predicted molar refractivity (Wildman–Crippen MR) is 132 cm³/mol. The number of nitrogens with two attached hydrogens (primary N) is 1. The fourth-order valence-corrected chi connectivity index (χ4v) is 3.84. The quantitative estimate of drug-likeness (QED) is 0.340. The summed E-state index contributed by atoms with van der Waals surface area (Å²) in [6.45, 7) is 5.40. The van der Waals surface area contributed by atoms with Gasteiger partial charge in [0.25, 0.3) is 5.91 Å². The third-order valence-electron chi connectivity index (χ3n) is 5.56. The van der Waals surface area contributed by atoms with Crippen LogP contribution < -0.4 is 11.3 Å². The summed E-state index contributed by atoms with van der Waals surface area (Å²) >= 11 is 0. The number of hydrogen-bond donors (Lipinski definition) is 2. The molecule has 0 saturated carbocycles. The molecular weight excluding hydrogens is 464 g/mol. The van der Waals surface area contributed by atoms with Crippen molar-refractivity contribution in [1.29, 1.82) is 0 Å². The number of carbonyl (C=O) groups excluding carboxylic acids is 3. The lowest BCUT2D eigenvalue weighted by atomic mass is 9.98. The zero-order chi connectivity index (χ0) is 26.1. The Hall–Kier alpha value is -3.63. The minimum atomic E-state index is -0.836. The van der Waals surface area contributed by atoms with E-state index in [2.05, 4.69) is 5.43 Å². The topological polar surface area (TPSA) is 123 Å². The fourth-order valence-electron chi connectivity index (χ4n) is 3.84. The highest BCUT2D eigenvalue weighted by Gasteiger charge is 2.41. The van der Waals surface area contributed by atoms with Gasteiger partial charge in [-0.1, -0.05) is 60.7 Å². The summed E-state index contributed by atoms with van der Waals surface area (Å²) < 4.78 is 11.0. The lowest BCUT2D eigenvalue weighted by Gasteiger charge is -2.41. The van der Waals surface area contributed by atoms with Gasteiger partial charge in [-0.2, -0.15) is 5.06 Å². The van der Waals surface area contributed by atoms with Crippen LogP contribution in [0.3, 0.4) is 0 Å². The standard InChI is InChI=1S/C26H34N4O6/c1-26(2,3)36-24(32)29-16-21(14-15-22(29)23(31)28-27)30(35-18-20-12-8-5-9-13-20)25(33)34-17-19-10-6-4-7-11-19/h4-13,21-22H,14-18,27H2,1-3H3,(H,28,31)/t21-,22+/m0/s1. The number of ether oxygens (including phenoxy) is 2. The van der Waals surface area contributed by atoms with Crippen molar-refractivity contribution >= 4 is 18.1 Å². The normalized spacial score (nSPS) is 17.7. The molecule has 10 nitrogen and oxygen atoms in total. The number of rotatable bonds is 7. The number of likely N-dealkylation sites (tertiary alicyclic amines) is 1. The molecule has 3 amide bonds. The molecule has 1 aliphatic rings. The van der Waals surface area contributed by atoms with Crippen molar-refractivity contribution in [2.45, 2.75) is 64.5 Å². The molecule has 0 spiro atoms. The van der Waals surface area contributed by atoms with Crippen LogP contribution in [-0.4, -0.2) is 52.3 Å². The molecule has 0 aliphatic carbocycles. The average molecular weight is 499 g/mol. The van der Waals surface area contributed by atoms with Gasteiger partial charge in [-0.05, 0) is 44.7 Å². The van der Waals surface area contributed by atoms with Crippen LogP contribution in [-0.2, 0) is 32.3 Å². The number of nitrogens with zero attached hydrogens (tertiary/aromatic N) is 2. The van der Waals surface area contributed by atoms with E-state index in [0.717, 1.165) is 16.2 Å². The van der Waals surface area contributed by atoms with Gasteiger partial charge in [-0.3, -0.25) is 20.0 Å². The van der Waals surface area contributed by atoms with E-state index in [0.29, 0.717) is 6.42 Å². The molecular formula is C26H34N4O6. The number of nitrogens with one attached hydrogen (secondary N) is 1. The Bertz CT molecular complexity index is 1010. The smallest absolute Gasteiger partial charge is 0.434 e. The zero-order valence-electron chi connectivity index (χ0n) is 20.9. The minimum absolute atomic E-state index is 0.00221. The summed E-state index contributed by atoms with van der Waals surface area (Å²) in [5, 5.41) is 1.16. The van der Waals surface area contributed by atoms with E-state index < -0.39 is 35.8 Å². The van der Waals surface area contributed by atoms with Crippen molar-refractivity contribution in [2.24, 2.45) is 5.84 Å². The van der Waals surface area contributed by atoms with Gasteiger partial charge in [-0.15, -0.1) is 0 Å². The highest BCUT2D eigenvalue weighted by molar-refractivity contribution is 5.85. The van der Waals surface area contributed by atoms with Crippen molar-refractivity contribution in [2.75, 3.05) is 6.54 Å². The van der Waals surface area contributed by atoms with E-state index in [-0.39, 0.29) is 26.2 Å². The molecule has 1 fully saturated rings. The number of hydrazine groups is 1. The molecule has 0 bridgehead atoms. The molecule has 0 aromatic heterocycles. The van der Waals surface area contributed by atoms with E-state index in [1.165, 1.54) is 4.90 Å². The third kappa shape index (κ3) is 7.69. The van der Waals surface area contributed by atoms with Gasteiger partial charge < -0.3 is 9.47 Å². The summed E-state index contributed by atoms with van der Waals surface area (Å²) in [6.07, 6.45) is -0.733. The molecule has 3 rings (SSSR count). The van der Waals surface area contributed by atoms with E-state index in [4.69, 9.17) is 20.2 Å². The van der Waals surface area contributed by atoms with Crippen molar-refractivity contribution in [3.8, 4) is 0 Å². The van der Waals surface area contributed by atoms with Gasteiger partial charge in [0.1, 0.15) is 24.9 Å². The van der Waals surface area contributed by atoms with Crippen LogP contribution >= 0.6 is 0 Å². The van der Waals surface area contributed by atoms with Crippen molar-refractivity contribution in [3.63, 3.8) is 0 Å². The summed E-state index contributed by atoms with van der Waals surface area (Å²) in [6, 6.07) is 17.3. The number of piperidine rings is 1. The minimum Gasteiger partial charge on any atom is -0.444 e. The van der Waals surface area contributed by atoms with Gasteiger partial charge in [0.05, 0.1) is 6.04 Å². The Labute approximate surface area is 211 Å². The molecule has 0 unspecified atom stereocenters. The first-order valence-corrected chi connectivity index (χ1v) is 11.8. The van der Waals surface area contributed by atoms with Crippen LogP contribution in [0.25, 0.3) is 0 Å². The summed E-state index contributed by atoms with van der Waals surface area (Å²) in [4.78, 5) is 45.8. The lowest BCUT2D eigenvalue weighted by molar-refractivity contribution is -0.183.